The summed E-state index contributed by atoms with van der Waals surface area (Å²) in [5.74, 6) is -0.348. The summed E-state index contributed by atoms with van der Waals surface area (Å²) in [6.45, 7) is 4.00. The van der Waals surface area contributed by atoms with Crippen LogP contribution < -0.4 is 11.1 Å². The van der Waals surface area contributed by atoms with Gasteiger partial charge in [-0.1, -0.05) is 0 Å². The Labute approximate surface area is 129 Å². The summed E-state index contributed by atoms with van der Waals surface area (Å²) in [5, 5.41) is 20.6. The molecule has 1 rings (SSSR count). The molecule has 1 aliphatic rings. The van der Waals surface area contributed by atoms with Gasteiger partial charge in [-0.15, -0.1) is 0 Å². The van der Waals surface area contributed by atoms with E-state index in [0.29, 0.717) is 13.2 Å². The van der Waals surface area contributed by atoms with E-state index in [1.54, 1.807) is 6.92 Å². The Hall–Kier alpha value is -0.810. The molecule has 0 bridgehead atoms. The number of hydrogen-bond acceptors (Lipinski definition) is 8. The third-order valence-corrected chi connectivity index (χ3v) is 3.53. The van der Waals surface area contributed by atoms with Crippen molar-refractivity contribution in [2.45, 2.75) is 63.8 Å². The zero-order valence-electron chi connectivity index (χ0n) is 12.9. The van der Waals surface area contributed by atoms with Crippen LogP contribution in [0, 0.1) is 0 Å². The number of carbonyl (C=O) groups is 1. The van der Waals surface area contributed by atoms with E-state index in [2.05, 4.69) is 15.1 Å². The van der Waals surface area contributed by atoms with Crippen LogP contribution in [0.1, 0.15) is 33.1 Å². The van der Waals surface area contributed by atoms with Crippen molar-refractivity contribution < 1.29 is 34.6 Å². The maximum atomic E-state index is 11.3. The molecule has 0 aromatic carbocycles. The zero-order valence-corrected chi connectivity index (χ0v) is 12.9. The molecule has 0 saturated carbocycles. The summed E-state index contributed by atoms with van der Waals surface area (Å²) in [4.78, 5) is 20.0. The average Bonchev–Trinajstić information content (AvgIpc) is 2.48. The van der Waals surface area contributed by atoms with Gasteiger partial charge in [0, 0.05) is 13.5 Å². The van der Waals surface area contributed by atoms with Crippen LogP contribution >= 0.6 is 0 Å². The standard InChI is InChI=1S/C13H26N2O7/c1-8-11(21-17)12(22-18)10(15-9(2)16)13(20-8)19-7-5-3-4-6-14/h8,10-13,17-18H,3-7,14H2,1-2H3,(H,15,16)/t8-,10?,11+,12?,13+/m0/s1. The predicted octanol–water partition coefficient (Wildman–Crippen LogP) is 0.0979. The van der Waals surface area contributed by atoms with E-state index in [1.807, 2.05) is 0 Å². The van der Waals surface area contributed by atoms with Gasteiger partial charge < -0.3 is 20.5 Å². The van der Waals surface area contributed by atoms with Gasteiger partial charge >= 0.3 is 0 Å². The van der Waals surface area contributed by atoms with Gasteiger partial charge in [-0.3, -0.25) is 15.3 Å². The highest BCUT2D eigenvalue weighted by atomic mass is 17.1. The Balaban J connectivity index is 2.67. The number of nitrogens with two attached hydrogens (primary N) is 1. The number of rotatable bonds is 9. The number of nitrogens with one attached hydrogen (secondary N) is 1. The van der Waals surface area contributed by atoms with Crippen LogP contribution in [0.4, 0.5) is 0 Å². The second kappa shape index (κ2) is 10.1. The Bertz CT molecular complexity index is 332. The van der Waals surface area contributed by atoms with Crippen molar-refractivity contribution in [3.05, 3.63) is 0 Å². The largest absolute Gasteiger partial charge is 0.350 e. The molecular weight excluding hydrogens is 296 g/mol. The van der Waals surface area contributed by atoms with Crippen molar-refractivity contribution in [1.82, 2.24) is 5.32 Å². The van der Waals surface area contributed by atoms with Crippen molar-refractivity contribution in [3.63, 3.8) is 0 Å². The van der Waals surface area contributed by atoms with Gasteiger partial charge in [-0.25, -0.2) is 9.78 Å². The lowest BCUT2D eigenvalue weighted by Crippen LogP contribution is -2.64. The Morgan fingerprint density at radius 1 is 1.23 bits per heavy atom. The van der Waals surface area contributed by atoms with E-state index in [4.69, 9.17) is 25.7 Å². The first-order chi connectivity index (χ1) is 10.5. The van der Waals surface area contributed by atoms with Crippen LogP contribution in [0.25, 0.3) is 0 Å². The van der Waals surface area contributed by atoms with Gasteiger partial charge in [-0.05, 0) is 32.7 Å². The van der Waals surface area contributed by atoms with Crippen LogP contribution in [0.5, 0.6) is 0 Å². The van der Waals surface area contributed by atoms with Crippen LogP contribution in [0.2, 0.25) is 0 Å². The molecule has 5 N–H and O–H groups in total. The van der Waals surface area contributed by atoms with Gasteiger partial charge in [0.05, 0.1) is 6.10 Å². The van der Waals surface area contributed by atoms with Crippen molar-refractivity contribution >= 4 is 5.91 Å². The first kappa shape index (κ1) is 19.2. The Morgan fingerprint density at radius 3 is 2.45 bits per heavy atom. The van der Waals surface area contributed by atoms with E-state index in [9.17, 15) is 4.79 Å². The van der Waals surface area contributed by atoms with Gasteiger partial charge in [0.2, 0.25) is 5.91 Å². The summed E-state index contributed by atoms with van der Waals surface area (Å²) in [7, 11) is 0. The van der Waals surface area contributed by atoms with Crippen molar-refractivity contribution in [3.8, 4) is 0 Å². The van der Waals surface area contributed by atoms with Gasteiger partial charge in [0.25, 0.3) is 0 Å². The zero-order chi connectivity index (χ0) is 16.5. The minimum Gasteiger partial charge on any atom is -0.350 e. The van der Waals surface area contributed by atoms with Gasteiger partial charge in [0.15, 0.2) is 6.29 Å². The van der Waals surface area contributed by atoms with E-state index in [1.165, 1.54) is 6.92 Å². The van der Waals surface area contributed by atoms with Crippen molar-refractivity contribution in [1.29, 1.82) is 0 Å². The lowest BCUT2D eigenvalue weighted by molar-refractivity contribution is -0.404. The topological polar surface area (TPSA) is 133 Å². The molecule has 0 radical (unpaired) electrons. The molecule has 0 aromatic heterocycles. The van der Waals surface area contributed by atoms with E-state index >= 15 is 0 Å². The lowest BCUT2D eigenvalue weighted by atomic mass is 9.97. The van der Waals surface area contributed by atoms with Crippen LogP contribution in [-0.4, -0.2) is 60.2 Å². The molecule has 0 aliphatic carbocycles. The van der Waals surface area contributed by atoms with Crippen molar-refractivity contribution in [2.75, 3.05) is 13.2 Å². The lowest BCUT2D eigenvalue weighted by Gasteiger charge is -2.42. The highest BCUT2D eigenvalue weighted by molar-refractivity contribution is 5.73. The molecule has 9 heteroatoms. The van der Waals surface area contributed by atoms with Crippen LogP contribution in [0.3, 0.4) is 0 Å². The minimum atomic E-state index is -1.02. The van der Waals surface area contributed by atoms with E-state index in [0.717, 1.165) is 19.3 Å². The number of unbranched alkanes of at least 4 members (excludes halogenated alkanes) is 2. The maximum absolute atomic E-state index is 11.3. The summed E-state index contributed by atoms with van der Waals surface area (Å²) in [6.07, 6.45) is -0.773. The quantitative estimate of drug-likeness (QED) is 0.267. The highest BCUT2D eigenvalue weighted by Crippen LogP contribution is 2.26. The molecule has 0 spiro atoms. The molecule has 1 saturated heterocycles. The molecule has 5 atom stereocenters. The fourth-order valence-corrected chi connectivity index (χ4v) is 2.42. The molecule has 1 amide bonds. The Morgan fingerprint density at radius 2 is 1.91 bits per heavy atom. The summed E-state index contributed by atoms with van der Waals surface area (Å²) < 4.78 is 11.2. The van der Waals surface area contributed by atoms with E-state index < -0.39 is 30.6 Å². The van der Waals surface area contributed by atoms with Crippen LogP contribution in [-0.2, 0) is 24.0 Å². The molecule has 22 heavy (non-hydrogen) atoms. The highest BCUT2D eigenvalue weighted by Gasteiger charge is 2.47. The molecule has 1 fully saturated rings. The molecule has 2 unspecified atom stereocenters. The van der Waals surface area contributed by atoms with Crippen LogP contribution in [0.15, 0.2) is 0 Å². The third kappa shape index (κ3) is 5.43. The number of amides is 1. The SMILES string of the molecule is CC(=O)NC1C(OO)[C@H](OO)[C@H](C)O[C@H]1OCCCCCN. The Kier molecular flexibility index (Phi) is 8.79. The first-order valence-corrected chi connectivity index (χ1v) is 7.39. The number of ether oxygens (including phenoxy) is 2. The normalized spacial score (nSPS) is 32.0. The van der Waals surface area contributed by atoms with Crippen molar-refractivity contribution in [2.24, 2.45) is 5.73 Å². The third-order valence-electron chi connectivity index (χ3n) is 3.53. The van der Waals surface area contributed by atoms with E-state index in [-0.39, 0.29) is 5.91 Å². The molecule has 9 nitrogen and oxygen atoms in total. The predicted molar refractivity (Wildman–Crippen MR) is 75.8 cm³/mol. The monoisotopic (exact) mass is 322 g/mol. The van der Waals surface area contributed by atoms with Gasteiger partial charge in [0.1, 0.15) is 18.2 Å². The second-order valence-electron chi connectivity index (χ2n) is 5.30. The fraction of sp³-hybridized carbons (Fsp3) is 0.923. The molecule has 130 valence electrons. The molecule has 1 heterocycles. The first-order valence-electron chi connectivity index (χ1n) is 7.39. The smallest absolute Gasteiger partial charge is 0.217 e. The minimum absolute atomic E-state index is 0.348. The molecular formula is C13H26N2O7. The molecule has 0 aromatic rings. The summed E-state index contributed by atoms with van der Waals surface area (Å²) in [6, 6.07) is -0.814. The molecule has 1 aliphatic heterocycles. The van der Waals surface area contributed by atoms with Gasteiger partial charge in [-0.2, -0.15) is 0 Å². The average molecular weight is 322 g/mol. The summed E-state index contributed by atoms with van der Waals surface area (Å²) in [5.41, 5.74) is 5.42. The second-order valence-corrected chi connectivity index (χ2v) is 5.30. The number of carbonyl (C=O) groups excluding carboxylic acids is 1. The number of hydrogen-bond donors (Lipinski definition) is 4. The maximum Gasteiger partial charge on any atom is 0.217 e. The summed E-state index contributed by atoms with van der Waals surface area (Å²) >= 11 is 0. The fourth-order valence-electron chi connectivity index (χ4n) is 2.42.